The van der Waals surface area contributed by atoms with E-state index in [1.807, 2.05) is 0 Å². The summed E-state index contributed by atoms with van der Waals surface area (Å²) in [6.07, 6.45) is -2.08. The number of aliphatic hydroxyl groups is 1. The quantitative estimate of drug-likeness (QED) is 0.196. The Bertz CT molecular complexity index is 128. The maximum absolute atomic E-state index is 9.58. The molecule has 0 fully saturated rings. The molecule has 0 radical (unpaired) electrons. The molecule has 0 unspecified atom stereocenters. The number of nitrogens with zero attached hydrogens (tertiary/aromatic N) is 2. The van der Waals surface area contributed by atoms with Crippen molar-refractivity contribution in [1.29, 1.82) is 0 Å². The van der Waals surface area contributed by atoms with Gasteiger partial charge in [0.25, 0.3) is 0 Å². The largest absolute Gasteiger partial charge is 1.00 e. The van der Waals surface area contributed by atoms with E-state index in [9.17, 15) is 20.2 Å². The Morgan fingerprint density at radius 3 is 1.70 bits per heavy atom. The van der Waals surface area contributed by atoms with Crippen molar-refractivity contribution in [3.05, 3.63) is 20.2 Å². The third kappa shape index (κ3) is 3.72. The predicted octanol–water partition coefficient (Wildman–Crippen LogP) is -4.03. The molecule has 0 saturated heterocycles. The van der Waals surface area contributed by atoms with E-state index in [-0.39, 0.29) is 31.0 Å². The number of rotatable bonds is 3. The molecule has 0 aromatic rings. The first kappa shape index (κ1) is 12.4. The van der Waals surface area contributed by atoms with Gasteiger partial charge in [-0.2, -0.15) is 0 Å². The molecule has 1 N–H and O–H groups in total. The summed E-state index contributed by atoms with van der Waals surface area (Å²) in [5.74, 6) is 0. The van der Waals surface area contributed by atoms with Crippen LogP contribution in [0.15, 0.2) is 0 Å². The summed E-state index contributed by atoms with van der Waals surface area (Å²) < 4.78 is 0. The van der Waals surface area contributed by atoms with Crippen LogP contribution in [-0.2, 0) is 0 Å². The fourth-order valence-corrected chi connectivity index (χ4v) is 0.210. The molecule has 0 amide bonds. The van der Waals surface area contributed by atoms with Crippen LogP contribution in [0.3, 0.4) is 0 Å². The predicted molar refractivity (Wildman–Crippen MR) is 26.0 cm³/mol. The molecular formula is C2H5N2NaO5. The maximum Gasteiger partial charge on any atom is 1.00 e. The fourth-order valence-electron chi connectivity index (χ4n) is 0.210. The Morgan fingerprint density at radius 2 is 1.70 bits per heavy atom. The third-order valence-electron chi connectivity index (χ3n) is 0.650. The average molecular weight is 160 g/mol. The number of hydrogen-bond donors (Lipinski definition) is 1. The van der Waals surface area contributed by atoms with Crippen LogP contribution in [0, 0.1) is 20.2 Å². The van der Waals surface area contributed by atoms with E-state index in [0.717, 1.165) is 0 Å². The first-order valence-corrected chi connectivity index (χ1v) is 1.97. The molecule has 0 heterocycles. The minimum atomic E-state index is -2.08. The van der Waals surface area contributed by atoms with Gasteiger partial charge in [-0.05, 0) is 0 Å². The van der Waals surface area contributed by atoms with Crippen molar-refractivity contribution in [1.82, 2.24) is 0 Å². The molecule has 0 aromatic heterocycles. The molecule has 0 aliphatic carbocycles. The van der Waals surface area contributed by atoms with Gasteiger partial charge in [0.1, 0.15) is 0 Å². The van der Waals surface area contributed by atoms with Crippen LogP contribution in [0.4, 0.5) is 0 Å². The van der Waals surface area contributed by atoms with Crippen LogP contribution in [0.2, 0.25) is 0 Å². The Labute approximate surface area is 79.1 Å². The molecule has 0 atom stereocenters. The van der Waals surface area contributed by atoms with Crippen molar-refractivity contribution < 1.29 is 45.9 Å². The Morgan fingerprint density at radius 1 is 1.40 bits per heavy atom. The molecule has 10 heavy (non-hydrogen) atoms. The number of aliphatic hydroxyl groups excluding tert-OH is 1. The molecule has 0 aliphatic rings. The van der Waals surface area contributed by atoms with E-state index in [1.165, 1.54) is 0 Å². The maximum atomic E-state index is 9.58. The minimum absolute atomic E-state index is 0. The second-order valence-electron chi connectivity index (χ2n) is 1.23. The molecule has 0 spiro atoms. The molecular weight excluding hydrogens is 155 g/mol. The number of hydrogen-bond acceptors (Lipinski definition) is 5. The molecule has 0 bridgehead atoms. The van der Waals surface area contributed by atoms with Crippen LogP contribution in [-0.4, -0.2) is 27.7 Å². The smallest absolute Gasteiger partial charge is 1.00 e. The zero-order valence-corrected chi connectivity index (χ0v) is 7.26. The van der Waals surface area contributed by atoms with E-state index in [4.69, 9.17) is 5.11 Å². The van der Waals surface area contributed by atoms with Crippen molar-refractivity contribution >= 4 is 0 Å². The van der Waals surface area contributed by atoms with Crippen molar-refractivity contribution in [2.45, 2.75) is 6.17 Å². The van der Waals surface area contributed by atoms with Crippen LogP contribution in [0.1, 0.15) is 1.43 Å². The van der Waals surface area contributed by atoms with Crippen molar-refractivity contribution in [3.63, 3.8) is 0 Å². The first-order valence-electron chi connectivity index (χ1n) is 1.97. The summed E-state index contributed by atoms with van der Waals surface area (Å²) in [6, 6.07) is 0. The summed E-state index contributed by atoms with van der Waals surface area (Å²) in [7, 11) is 0. The van der Waals surface area contributed by atoms with Gasteiger partial charge in [-0.15, -0.1) is 0 Å². The summed E-state index contributed by atoms with van der Waals surface area (Å²) in [6.45, 7) is -1.07. The van der Waals surface area contributed by atoms with Crippen molar-refractivity contribution in [3.8, 4) is 0 Å². The summed E-state index contributed by atoms with van der Waals surface area (Å²) in [5, 5.41) is 27.1. The van der Waals surface area contributed by atoms with E-state index >= 15 is 0 Å². The monoisotopic (exact) mass is 160 g/mol. The van der Waals surface area contributed by atoms with Gasteiger partial charge in [0.05, 0.1) is 9.85 Å². The SMILES string of the molecule is O=[N+]([O-])C(CO)[N+](=O)[O-].[H-].[Na+]. The minimum Gasteiger partial charge on any atom is -1.00 e. The van der Waals surface area contributed by atoms with Gasteiger partial charge in [-0.1, -0.05) is 0 Å². The van der Waals surface area contributed by atoms with Gasteiger partial charge in [-0.25, -0.2) is 0 Å². The zero-order chi connectivity index (χ0) is 7.44. The van der Waals surface area contributed by atoms with Gasteiger partial charge < -0.3 is 6.53 Å². The Balaban J connectivity index is -0.000000320. The molecule has 0 aromatic carbocycles. The van der Waals surface area contributed by atoms with E-state index in [1.54, 1.807) is 0 Å². The van der Waals surface area contributed by atoms with Crippen LogP contribution in [0.5, 0.6) is 0 Å². The Kier molecular flexibility index (Phi) is 6.89. The second-order valence-corrected chi connectivity index (χ2v) is 1.23. The fraction of sp³-hybridized carbons (Fsp3) is 1.00. The van der Waals surface area contributed by atoms with E-state index < -0.39 is 22.6 Å². The zero-order valence-electron chi connectivity index (χ0n) is 6.26. The van der Waals surface area contributed by atoms with Crippen LogP contribution in [0.25, 0.3) is 0 Å². The van der Waals surface area contributed by atoms with Gasteiger partial charge in [0.2, 0.25) is 0 Å². The van der Waals surface area contributed by atoms with Gasteiger partial charge in [0.15, 0.2) is 6.61 Å². The van der Waals surface area contributed by atoms with Gasteiger partial charge in [-0.3, -0.25) is 20.2 Å². The van der Waals surface area contributed by atoms with Crippen molar-refractivity contribution in [2.24, 2.45) is 0 Å². The van der Waals surface area contributed by atoms with Gasteiger partial charge >= 0.3 is 35.7 Å². The first-order chi connectivity index (χ1) is 4.09. The third-order valence-corrected chi connectivity index (χ3v) is 0.650. The molecule has 0 rings (SSSR count). The van der Waals surface area contributed by atoms with Crippen molar-refractivity contribution in [2.75, 3.05) is 6.61 Å². The molecule has 54 valence electrons. The van der Waals surface area contributed by atoms with Gasteiger partial charge in [0, 0.05) is 0 Å². The summed E-state index contributed by atoms with van der Waals surface area (Å²) in [4.78, 5) is 16.8. The molecule has 7 nitrogen and oxygen atoms in total. The molecule has 8 heteroatoms. The van der Waals surface area contributed by atoms with Crippen LogP contribution < -0.4 is 29.6 Å². The second kappa shape index (κ2) is 5.54. The Hall–Kier alpha value is -0.240. The molecule has 0 saturated carbocycles. The topological polar surface area (TPSA) is 107 Å². The number of nitro groups is 2. The van der Waals surface area contributed by atoms with Crippen LogP contribution >= 0.6 is 0 Å². The summed E-state index contributed by atoms with van der Waals surface area (Å²) >= 11 is 0. The standard InChI is InChI=1S/C2H4N2O5.Na.H/c5-1-2(3(6)7)4(8)9;;/h2,5H,1H2;;/q;+1;-1. The van der Waals surface area contributed by atoms with E-state index in [2.05, 4.69) is 0 Å². The average Bonchev–Trinajstić information content (AvgIpc) is 1.64. The van der Waals surface area contributed by atoms with E-state index in [0.29, 0.717) is 0 Å². The normalized spacial score (nSPS) is 8.60. The molecule has 0 aliphatic heterocycles. The summed E-state index contributed by atoms with van der Waals surface area (Å²) in [5.41, 5.74) is 0.